The average molecular weight is 206 g/mol. The lowest BCUT2D eigenvalue weighted by Gasteiger charge is -2.22. The van der Waals surface area contributed by atoms with Crippen molar-refractivity contribution in [2.75, 3.05) is 24.6 Å². The normalized spacial score (nSPS) is 26.7. The summed E-state index contributed by atoms with van der Waals surface area (Å²) in [5.74, 6) is -0.187. The molecule has 1 aliphatic rings. The molecule has 1 heterocycles. The average Bonchev–Trinajstić information content (AvgIpc) is 2.03. The summed E-state index contributed by atoms with van der Waals surface area (Å²) in [7, 11) is -3.02. The molecule has 5 nitrogen and oxygen atoms in total. The van der Waals surface area contributed by atoms with Crippen molar-refractivity contribution in [3.05, 3.63) is 0 Å². The van der Waals surface area contributed by atoms with E-state index < -0.39 is 15.9 Å². The van der Waals surface area contributed by atoms with Crippen LogP contribution in [0.2, 0.25) is 0 Å². The minimum absolute atomic E-state index is 0.0845. The summed E-state index contributed by atoms with van der Waals surface area (Å²) >= 11 is 0. The molecule has 0 radical (unpaired) electrons. The molecule has 0 bridgehead atoms. The van der Waals surface area contributed by atoms with Crippen molar-refractivity contribution in [2.45, 2.75) is 13.0 Å². The Morgan fingerprint density at radius 3 is 2.85 bits per heavy atom. The predicted octanol–water partition coefficient (Wildman–Crippen LogP) is -1.49. The smallest absolute Gasteiger partial charge is 0.238 e. The van der Waals surface area contributed by atoms with E-state index >= 15 is 0 Å². The third-order valence-electron chi connectivity index (χ3n) is 1.89. The van der Waals surface area contributed by atoms with E-state index in [2.05, 4.69) is 10.6 Å². The van der Waals surface area contributed by atoms with Crippen molar-refractivity contribution in [3.63, 3.8) is 0 Å². The maximum atomic E-state index is 11.2. The lowest BCUT2D eigenvalue weighted by Crippen LogP contribution is -2.53. The summed E-state index contributed by atoms with van der Waals surface area (Å²) in [5, 5.41) is 5.46. The summed E-state index contributed by atoms with van der Waals surface area (Å²) in [6.45, 7) is 2.69. The van der Waals surface area contributed by atoms with Crippen LogP contribution in [-0.4, -0.2) is 45.0 Å². The van der Waals surface area contributed by atoms with Crippen LogP contribution in [0.5, 0.6) is 0 Å². The van der Waals surface area contributed by atoms with E-state index in [0.717, 1.165) is 0 Å². The minimum atomic E-state index is -3.02. The molecule has 76 valence electrons. The van der Waals surface area contributed by atoms with E-state index in [-0.39, 0.29) is 17.4 Å². The van der Waals surface area contributed by atoms with E-state index in [1.54, 1.807) is 6.92 Å². The minimum Gasteiger partial charge on any atom is -0.355 e. The van der Waals surface area contributed by atoms with E-state index in [1.807, 2.05) is 0 Å². The third kappa shape index (κ3) is 2.96. The van der Waals surface area contributed by atoms with Crippen molar-refractivity contribution in [1.82, 2.24) is 10.6 Å². The Morgan fingerprint density at radius 2 is 2.31 bits per heavy atom. The van der Waals surface area contributed by atoms with Gasteiger partial charge in [-0.25, -0.2) is 8.42 Å². The second-order valence-corrected chi connectivity index (χ2v) is 5.24. The quantitative estimate of drug-likeness (QED) is 0.577. The Hall–Kier alpha value is -0.620. The van der Waals surface area contributed by atoms with Gasteiger partial charge in [0.15, 0.2) is 9.84 Å². The van der Waals surface area contributed by atoms with Gasteiger partial charge in [-0.1, -0.05) is 0 Å². The summed E-state index contributed by atoms with van der Waals surface area (Å²) < 4.78 is 22.3. The second kappa shape index (κ2) is 4.06. The molecule has 6 heteroatoms. The molecule has 0 spiro atoms. The van der Waals surface area contributed by atoms with Crippen LogP contribution < -0.4 is 10.6 Å². The van der Waals surface area contributed by atoms with Gasteiger partial charge < -0.3 is 10.6 Å². The molecule has 1 rings (SSSR count). The van der Waals surface area contributed by atoms with Crippen LogP contribution in [0.15, 0.2) is 0 Å². The number of carbonyl (C=O) groups is 1. The highest BCUT2D eigenvalue weighted by atomic mass is 32.2. The number of rotatable bonds is 2. The van der Waals surface area contributed by atoms with Crippen LogP contribution in [0.3, 0.4) is 0 Å². The standard InChI is InChI=1S/C7H14N2O3S/c1-2-8-7(10)6-5-13(11,12)4-3-9-6/h6,9H,2-5H2,1H3,(H,8,10). The van der Waals surface area contributed by atoms with Gasteiger partial charge in [0.1, 0.15) is 6.04 Å². The molecule has 1 fully saturated rings. The van der Waals surface area contributed by atoms with Crippen molar-refractivity contribution in [3.8, 4) is 0 Å². The molecule has 0 saturated carbocycles. The lowest BCUT2D eigenvalue weighted by molar-refractivity contribution is -0.122. The molecule has 1 atom stereocenters. The van der Waals surface area contributed by atoms with Gasteiger partial charge in [0.25, 0.3) is 0 Å². The van der Waals surface area contributed by atoms with E-state index in [1.165, 1.54) is 0 Å². The second-order valence-electron chi connectivity index (χ2n) is 3.02. The lowest BCUT2D eigenvalue weighted by atomic mass is 10.3. The molecule has 0 aromatic rings. The van der Waals surface area contributed by atoms with Gasteiger partial charge in [0, 0.05) is 13.1 Å². The van der Waals surface area contributed by atoms with Gasteiger partial charge in [-0.3, -0.25) is 4.79 Å². The first kappa shape index (κ1) is 10.5. The maximum Gasteiger partial charge on any atom is 0.238 e. The van der Waals surface area contributed by atoms with Crippen molar-refractivity contribution in [2.24, 2.45) is 0 Å². The summed E-state index contributed by atoms with van der Waals surface area (Å²) in [6, 6.07) is -0.571. The van der Waals surface area contributed by atoms with Gasteiger partial charge in [-0.2, -0.15) is 0 Å². The van der Waals surface area contributed by atoms with Crippen molar-refractivity contribution < 1.29 is 13.2 Å². The first-order chi connectivity index (χ1) is 6.05. The van der Waals surface area contributed by atoms with Crippen LogP contribution in [0, 0.1) is 0 Å². The molecule has 0 aliphatic carbocycles. The van der Waals surface area contributed by atoms with Gasteiger partial charge in [0.05, 0.1) is 11.5 Å². The number of hydrogen-bond donors (Lipinski definition) is 2. The fraction of sp³-hybridized carbons (Fsp3) is 0.857. The van der Waals surface area contributed by atoms with Crippen molar-refractivity contribution >= 4 is 15.7 Å². The van der Waals surface area contributed by atoms with Crippen LogP contribution in [0.1, 0.15) is 6.92 Å². The Labute approximate surface area is 77.8 Å². The van der Waals surface area contributed by atoms with Crippen LogP contribution >= 0.6 is 0 Å². The number of amides is 1. The molecule has 1 unspecified atom stereocenters. The zero-order chi connectivity index (χ0) is 9.90. The number of nitrogens with one attached hydrogen (secondary N) is 2. The Morgan fingerprint density at radius 1 is 1.62 bits per heavy atom. The third-order valence-corrected chi connectivity index (χ3v) is 3.56. The summed E-state index contributed by atoms with van der Waals surface area (Å²) in [4.78, 5) is 11.2. The number of carbonyl (C=O) groups excluding carboxylic acids is 1. The zero-order valence-corrected chi connectivity index (χ0v) is 8.36. The van der Waals surface area contributed by atoms with E-state index in [0.29, 0.717) is 13.1 Å². The molecule has 1 saturated heterocycles. The highest BCUT2D eigenvalue weighted by Crippen LogP contribution is 2.00. The maximum absolute atomic E-state index is 11.2. The van der Waals surface area contributed by atoms with Crippen LogP contribution in [-0.2, 0) is 14.6 Å². The Bertz CT molecular complexity index is 286. The number of likely N-dealkylation sites (N-methyl/N-ethyl adjacent to an activating group) is 1. The first-order valence-corrected chi connectivity index (χ1v) is 6.09. The number of sulfone groups is 1. The van der Waals surface area contributed by atoms with Crippen LogP contribution in [0.4, 0.5) is 0 Å². The summed E-state index contributed by atoms with van der Waals surface area (Å²) in [6.07, 6.45) is 0. The molecular weight excluding hydrogens is 192 g/mol. The molecule has 1 aliphatic heterocycles. The molecule has 0 aromatic carbocycles. The zero-order valence-electron chi connectivity index (χ0n) is 7.54. The first-order valence-electron chi connectivity index (χ1n) is 4.26. The fourth-order valence-electron chi connectivity index (χ4n) is 1.25. The highest BCUT2D eigenvalue weighted by Gasteiger charge is 2.28. The van der Waals surface area contributed by atoms with Crippen LogP contribution in [0.25, 0.3) is 0 Å². The molecule has 13 heavy (non-hydrogen) atoms. The van der Waals surface area contributed by atoms with E-state index in [4.69, 9.17) is 0 Å². The summed E-state index contributed by atoms with van der Waals surface area (Å²) in [5.41, 5.74) is 0. The predicted molar refractivity (Wildman–Crippen MR) is 49.1 cm³/mol. The van der Waals surface area contributed by atoms with Gasteiger partial charge >= 0.3 is 0 Å². The Balaban J connectivity index is 2.57. The van der Waals surface area contributed by atoms with E-state index in [9.17, 15) is 13.2 Å². The van der Waals surface area contributed by atoms with Gasteiger partial charge in [-0.05, 0) is 6.92 Å². The topological polar surface area (TPSA) is 75.3 Å². The molecule has 0 aromatic heterocycles. The van der Waals surface area contributed by atoms with Gasteiger partial charge in [-0.15, -0.1) is 0 Å². The van der Waals surface area contributed by atoms with Crippen molar-refractivity contribution in [1.29, 1.82) is 0 Å². The highest BCUT2D eigenvalue weighted by molar-refractivity contribution is 7.91. The SMILES string of the molecule is CCNC(=O)C1CS(=O)(=O)CCN1. The largest absolute Gasteiger partial charge is 0.355 e. The Kier molecular flexibility index (Phi) is 3.27. The fourth-order valence-corrected chi connectivity index (χ4v) is 2.62. The molecular formula is C7H14N2O3S. The molecule has 2 N–H and O–H groups in total. The monoisotopic (exact) mass is 206 g/mol. The molecule has 1 amide bonds. The van der Waals surface area contributed by atoms with Gasteiger partial charge in [0.2, 0.25) is 5.91 Å². The number of hydrogen-bond acceptors (Lipinski definition) is 4.